The van der Waals surface area contributed by atoms with Gasteiger partial charge in [0.25, 0.3) is 0 Å². The zero-order valence-corrected chi connectivity index (χ0v) is 12.5. The van der Waals surface area contributed by atoms with Crippen molar-refractivity contribution in [2.75, 3.05) is 0 Å². The summed E-state index contributed by atoms with van der Waals surface area (Å²) in [5.41, 5.74) is 5.21. The summed E-state index contributed by atoms with van der Waals surface area (Å²) in [4.78, 5) is 0. The molecule has 0 aliphatic rings. The number of halogens is 1. The van der Waals surface area contributed by atoms with Gasteiger partial charge in [-0.2, -0.15) is 0 Å². The highest BCUT2D eigenvalue weighted by molar-refractivity contribution is 9.10. The van der Waals surface area contributed by atoms with E-state index < -0.39 is 0 Å². The molecule has 0 amide bonds. The number of fused-ring (bicyclic) bond motifs is 1. The largest absolute Gasteiger partial charge is 0.271 e. The van der Waals surface area contributed by atoms with E-state index in [0.717, 1.165) is 15.6 Å². The quantitative estimate of drug-likeness (QED) is 0.560. The minimum absolute atomic E-state index is 0.00675. The van der Waals surface area contributed by atoms with Crippen molar-refractivity contribution in [1.29, 1.82) is 0 Å². The van der Waals surface area contributed by atoms with Gasteiger partial charge in [0, 0.05) is 4.47 Å². The SMILES string of the molecule is NNC(c1ccc(Br)cc1)c1ccc2ccccc2c1. The maximum absolute atomic E-state index is 5.76. The number of rotatable bonds is 3. The molecule has 2 nitrogen and oxygen atoms in total. The van der Waals surface area contributed by atoms with Crippen molar-refractivity contribution in [3.8, 4) is 0 Å². The molecule has 3 aromatic rings. The fourth-order valence-electron chi connectivity index (χ4n) is 2.43. The summed E-state index contributed by atoms with van der Waals surface area (Å²) in [6, 6.07) is 23.0. The van der Waals surface area contributed by atoms with Crippen LogP contribution in [0.1, 0.15) is 17.2 Å². The molecule has 0 spiro atoms. The average molecular weight is 327 g/mol. The zero-order chi connectivity index (χ0) is 13.9. The summed E-state index contributed by atoms with van der Waals surface area (Å²) in [7, 11) is 0. The van der Waals surface area contributed by atoms with Crippen LogP contribution < -0.4 is 11.3 Å². The number of hydrazine groups is 1. The molecule has 3 N–H and O–H groups in total. The van der Waals surface area contributed by atoms with Crippen LogP contribution in [0, 0.1) is 0 Å². The second kappa shape index (κ2) is 5.75. The van der Waals surface area contributed by atoms with Gasteiger partial charge in [-0.15, -0.1) is 0 Å². The van der Waals surface area contributed by atoms with Gasteiger partial charge in [-0.3, -0.25) is 5.84 Å². The molecule has 1 unspecified atom stereocenters. The van der Waals surface area contributed by atoms with Crippen LogP contribution in [0.15, 0.2) is 71.2 Å². The molecule has 20 heavy (non-hydrogen) atoms. The topological polar surface area (TPSA) is 38.0 Å². The third-order valence-electron chi connectivity index (χ3n) is 3.48. The summed E-state index contributed by atoms with van der Waals surface area (Å²) in [6.07, 6.45) is 0. The lowest BCUT2D eigenvalue weighted by Crippen LogP contribution is -2.28. The van der Waals surface area contributed by atoms with Crippen molar-refractivity contribution in [3.05, 3.63) is 82.3 Å². The Hall–Kier alpha value is -1.68. The van der Waals surface area contributed by atoms with Crippen molar-refractivity contribution in [3.63, 3.8) is 0 Å². The van der Waals surface area contributed by atoms with Crippen LogP contribution in [-0.2, 0) is 0 Å². The second-order valence-electron chi connectivity index (χ2n) is 4.76. The molecule has 100 valence electrons. The van der Waals surface area contributed by atoms with Crippen LogP contribution in [0.4, 0.5) is 0 Å². The van der Waals surface area contributed by atoms with E-state index in [2.05, 4.69) is 76.0 Å². The van der Waals surface area contributed by atoms with E-state index >= 15 is 0 Å². The van der Waals surface area contributed by atoms with Gasteiger partial charge in [0.15, 0.2) is 0 Å². The van der Waals surface area contributed by atoms with Crippen LogP contribution in [0.25, 0.3) is 10.8 Å². The van der Waals surface area contributed by atoms with Gasteiger partial charge in [0.1, 0.15) is 0 Å². The van der Waals surface area contributed by atoms with Gasteiger partial charge >= 0.3 is 0 Å². The third-order valence-corrected chi connectivity index (χ3v) is 4.01. The first-order valence-corrected chi connectivity index (χ1v) is 7.27. The van der Waals surface area contributed by atoms with Gasteiger partial charge in [-0.25, -0.2) is 5.43 Å². The third kappa shape index (κ3) is 2.61. The summed E-state index contributed by atoms with van der Waals surface area (Å²) in [6.45, 7) is 0. The lowest BCUT2D eigenvalue weighted by molar-refractivity contribution is 0.637. The Kier molecular flexibility index (Phi) is 3.83. The first-order valence-electron chi connectivity index (χ1n) is 6.48. The smallest absolute Gasteiger partial charge is 0.0710 e. The minimum atomic E-state index is -0.00675. The van der Waals surface area contributed by atoms with Gasteiger partial charge in [0.2, 0.25) is 0 Å². The van der Waals surface area contributed by atoms with E-state index in [1.165, 1.54) is 10.8 Å². The van der Waals surface area contributed by atoms with Crippen molar-refractivity contribution in [2.45, 2.75) is 6.04 Å². The van der Waals surface area contributed by atoms with E-state index in [-0.39, 0.29) is 6.04 Å². The number of nitrogens with one attached hydrogen (secondary N) is 1. The first-order chi connectivity index (χ1) is 9.78. The first kappa shape index (κ1) is 13.3. The Balaban J connectivity index is 2.04. The lowest BCUT2D eigenvalue weighted by Gasteiger charge is -2.17. The van der Waals surface area contributed by atoms with E-state index in [0.29, 0.717) is 0 Å². The molecule has 3 aromatic carbocycles. The molecule has 0 aliphatic heterocycles. The van der Waals surface area contributed by atoms with Crippen molar-refractivity contribution < 1.29 is 0 Å². The number of hydrogen-bond acceptors (Lipinski definition) is 2. The summed E-state index contributed by atoms with van der Waals surface area (Å²) in [5, 5.41) is 2.46. The van der Waals surface area contributed by atoms with Gasteiger partial charge in [0.05, 0.1) is 6.04 Å². The van der Waals surface area contributed by atoms with E-state index in [4.69, 9.17) is 5.84 Å². The summed E-state index contributed by atoms with van der Waals surface area (Å²) in [5.74, 6) is 5.76. The lowest BCUT2D eigenvalue weighted by atomic mass is 9.97. The Bertz CT molecular complexity index is 722. The molecule has 1 atom stereocenters. The van der Waals surface area contributed by atoms with Crippen LogP contribution in [0.2, 0.25) is 0 Å². The molecule has 3 rings (SSSR count). The molecule has 0 fully saturated rings. The monoisotopic (exact) mass is 326 g/mol. The van der Waals surface area contributed by atoms with E-state index in [1.807, 2.05) is 12.1 Å². The van der Waals surface area contributed by atoms with Crippen LogP contribution in [0.3, 0.4) is 0 Å². The second-order valence-corrected chi connectivity index (χ2v) is 5.67. The summed E-state index contributed by atoms with van der Waals surface area (Å²) < 4.78 is 1.07. The fourth-order valence-corrected chi connectivity index (χ4v) is 2.69. The van der Waals surface area contributed by atoms with Crippen LogP contribution >= 0.6 is 15.9 Å². The molecule has 0 aromatic heterocycles. The standard InChI is InChI=1S/C17H15BrN2/c18-16-9-7-13(8-10-16)17(20-19)15-6-5-12-3-1-2-4-14(12)11-15/h1-11,17,20H,19H2. The van der Waals surface area contributed by atoms with Gasteiger partial charge in [-0.05, 0) is 40.1 Å². The molecule has 0 bridgehead atoms. The summed E-state index contributed by atoms with van der Waals surface area (Å²) >= 11 is 3.45. The predicted octanol–water partition coefficient (Wildman–Crippen LogP) is 4.16. The number of nitrogens with two attached hydrogens (primary N) is 1. The number of benzene rings is 3. The van der Waals surface area contributed by atoms with Crippen molar-refractivity contribution >= 4 is 26.7 Å². The predicted molar refractivity (Wildman–Crippen MR) is 87.3 cm³/mol. The number of hydrogen-bond donors (Lipinski definition) is 2. The molecular formula is C17H15BrN2. The minimum Gasteiger partial charge on any atom is -0.271 e. The Morgan fingerprint density at radius 2 is 1.45 bits per heavy atom. The normalized spacial score (nSPS) is 12.5. The fraction of sp³-hybridized carbons (Fsp3) is 0.0588. The van der Waals surface area contributed by atoms with Crippen molar-refractivity contribution in [2.24, 2.45) is 5.84 Å². The Morgan fingerprint density at radius 3 is 2.15 bits per heavy atom. The molecular weight excluding hydrogens is 312 g/mol. The average Bonchev–Trinajstić information content (AvgIpc) is 2.50. The highest BCUT2D eigenvalue weighted by Crippen LogP contribution is 2.26. The molecule has 0 aliphatic carbocycles. The Labute approximate surface area is 126 Å². The van der Waals surface area contributed by atoms with Crippen LogP contribution in [0.5, 0.6) is 0 Å². The highest BCUT2D eigenvalue weighted by Gasteiger charge is 2.12. The molecule has 0 radical (unpaired) electrons. The van der Waals surface area contributed by atoms with Crippen LogP contribution in [-0.4, -0.2) is 0 Å². The van der Waals surface area contributed by atoms with E-state index in [1.54, 1.807) is 0 Å². The van der Waals surface area contributed by atoms with E-state index in [9.17, 15) is 0 Å². The zero-order valence-electron chi connectivity index (χ0n) is 10.9. The molecule has 0 saturated heterocycles. The van der Waals surface area contributed by atoms with Gasteiger partial charge in [-0.1, -0.05) is 64.5 Å². The molecule has 0 heterocycles. The van der Waals surface area contributed by atoms with Gasteiger partial charge < -0.3 is 0 Å². The highest BCUT2D eigenvalue weighted by atomic mass is 79.9. The maximum Gasteiger partial charge on any atom is 0.0710 e. The van der Waals surface area contributed by atoms with Crippen molar-refractivity contribution in [1.82, 2.24) is 5.43 Å². The Morgan fingerprint density at radius 1 is 0.800 bits per heavy atom. The molecule has 3 heteroatoms. The maximum atomic E-state index is 5.76. The molecule has 0 saturated carbocycles.